The second-order valence-corrected chi connectivity index (χ2v) is 7.87. The summed E-state index contributed by atoms with van der Waals surface area (Å²) in [6, 6.07) is 14.1. The molecular formula is C21H20BrN5O4. The van der Waals surface area contributed by atoms with E-state index in [2.05, 4.69) is 36.4 Å². The molecule has 2 aromatic carbocycles. The fraction of sp³-hybridized carbons (Fsp3) is 0.238. The van der Waals surface area contributed by atoms with Crippen LogP contribution in [0.15, 0.2) is 63.2 Å². The van der Waals surface area contributed by atoms with E-state index in [1.165, 1.54) is 0 Å². The summed E-state index contributed by atoms with van der Waals surface area (Å²) in [4.78, 5) is 26.4. The van der Waals surface area contributed by atoms with Gasteiger partial charge in [-0.2, -0.15) is 0 Å². The molecule has 10 heteroatoms. The number of para-hydroxylation sites is 1. The summed E-state index contributed by atoms with van der Waals surface area (Å²) in [5, 5.41) is 21.3. The Morgan fingerprint density at radius 2 is 1.81 bits per heavy atom. The predicted molar refractivity (Wildman–Crippen MR) is 118 cm³/mol. The Morgan fingerprint density at radius 3 is 2.55 bits per heavy atom. The van der Waals surface area contributed by atoms with Crippen molar-refractivity contribution < 1.29 is 19.4 Å². The van der Waals surface area contributed by atoms with E-state index < -0.39 is 11.8 Å². The van der Waals surface area contributed by atoms with Crippen LogP contribution >= 0.6 is 15.9 Å². The van der Waals surface area contributed by atoms with Gasteiger partial charge in [-0.15, -0.1) is 10.2 Å². The van der Waals surface area contributed by atoms with Gasteiger partial charge in [-0.1, -0.05) is 34.1 Å². The van der Waals surface area contributed by atoms with E-state index in [1.807, 2.05) is 18.2 Å². The summed E-state index contributed by atoms with van der Waals surface area (Å²) >= 11 is 3.30. The molecule has 2 amide bonds. The number of benzene rings is 2. The van der Waals surface area contributed by atoms with Crippen molar-refractivity contribution in [3.8, 4) is 5.88 Å². The van der Waals surface area contributed by atoms with Crippen molar-refractivity contribution in [2.45, 2.75) is 6.67 Å². The average molecular weight is 486 g/mol. The first-order chi connectivity index (χ1) is 15.0. The molecule has 0 radical (unpaired) electrons. The zero-order valence-electron chi connectivity index (χ0n) is 16.5. The molecule has 0 spiro atoms. The SMILES string of the molecule is O=C(N=Nc1c(O)n(CN2CCOCC2)c2ccccc12)C(=O)Nc1ccc(Br)cc1. The summed E-state index contributed by atoms with van der Waals surface area (Å²) in [7, 11) is 0. The number of halogens is 1. The number of carbonyl (C=O) groups excluding carboxylic acids is 2. The van der Waals surface area contributed by atoms with Crippen LogP contribution in [0.3, 0.4) is 0 Å². The molecule has 160 valence electrons. The predicted octanol–water partition coefficient (Wildman–Crippen LogP) is 3.65. The van der Waals surface area contributed by atoms with Gasteiger partial charge in [0.05, 0.1) is 25.4 Å². The number of aromatic hydroxyl groups is 1. The third kappa shape index (κ3) is 4.82. The highest BCUT2D eigenvalue weighted by Gasteiger charge is 2.20. The Labute approximate surface area is 186 Å². The normalized spacial score (nSPS) is 14.9. The Balaban J connectivity index is 1.55. The van der Waals surface area contributed by atoms with E-state index >= 15 is 0 Å². The monoisotopic (exact) mass is 485 g/mol. The number of fused-ring (bicyclic) bond motifs is 1. The van der Waals surface area contributed by atoms with Gasteiger partial charge < -0.3 is 15.2 Å². The molecule has 1 saturated heterocycles. The molecule has 0 saturated carbocycles. The van der Waals surface area contributed by atoms with Gasteiger partial charge in [0.15, 0.2) is 5.69 Å². The van der Waals surface area contributed by atoms with Crippen LogP contribution in [0.1, 0.15) is 0 Å². The maximum atomic E-state index is 12.2. The van der Waals surface area contributed by atoms with Crippen molar-refractivity contribution >= 4 is 50.0 Å². The van der Waals surface area contributed by atoms with E-state index in [0.29, 0.717) is 31.0 Å². The number of morpholine rings is 1. The van der Waals surface area contributed by atoms with Gasteiger partial charge in [0.1, 0.15) is 0 Å². The lowest BCUT2D eigenvalue weighted by molar-refractivity contribution is -0.134. The Kier molecular flexibility index (Phi) is 6.40. The summed E-state index contributed by atoms with van der Waals surface area (Å²) < 4.78 is 7.93. The molecule has 0 aliphatic carbocycles. The van der Waals surface area contributed by atoms with Crippen molar-refractivity contribution in [3.63, 3.8) is 0 Å². The van der Waals surface area contributed by atoms with Gasteiger partial charge in [-0.05, 0) is 30.3 Å². The van der Waals surface area contributed by atoms with Crippen LogP contribution in [-0.4, -0.2) is 52.7 Å². The lowest BCUT2D eigenvalue weighted by atomic mass is 10.2. The molecule has 1 aromatic heterocycles. The second-order valence-electron chi connectivity index (χ2n) is 6.96. The maximum absolute atomic E-state index is 12.2. The zero-order valence-corrected chi connectivity index (χ0v) is 18.1. The van der Waals surface area contributed by atoms with Crippen LogP contribution in [-0.2, 0) is 21.0 Å². The highest BCUT2D eigenvalue weighted by molar-refractivity contribution is 9.10. The zero-order chi connectivity index (χ0) is 21.8. The van der Waals surface area contributed by atoms with Crippen LogP contribution in [0.25, 0.3) is 10.9 Å². The van der Waals surface area contributed by atoms with Crippen LogP contribution in [0.5, 0.6) is 5.88 Å². The highest BCUT2D eigenvalue weighted by atomic mass is 79.9. The molecule has 9 nitrogen and oxygen atoms in total. The van der Waals surface area contributed by atoms with Gasteiger partial charge in [0.2, 0.25) is 5.88 Å². The van der Waals surface area contributed by atoms with Gasteiger partial charge in [-0.3, -0.25) is 19.1 Å². The number of aromatic nitrogens is 1. The molecule has 3 aromatic rings. The van der Waals surface area contributed by atoms with Crippen molar-refractivity contribution in [3.05, 3.63) is 53.0 Å². The van der Waals surface area contributed by atoms with Crippen LogP contribution < -0.4 is 5.32 Å². The van der Waals surface area contributed by atoms with Crippen molar-refractivity contribution in [1.29, 1.82) is 0 Å². The fourth-order valence-corrected chi connectivity index (χ4v) is 3.58. The minimum Gasteiger partial charge on any atom is -0.493 e. The van der Waals surface area contributed by atoms with Crippen molar-refractivity contribution in [1.82, 2.24) is 9.47 Å². The quantitative estimate of drug-likeness (QED) is 0.433. The lowest BCUT2D eigenvalue weighted by Crippen LogP contribution is -2.37. The fourth-order valence-electron chi connectivity index (χ4n) is 3.31. The van der Waals surface area contributed by atoms with E-state index in [0.717, 1.165) is 23.1 Å². The van der Waals surface area contributed by atoms with Crippen LogP contribution in [0, 0.1) is 0 Å². The molecule has 1 aliphatic rings. The number of rotatable bonds is 4. The Hall–Kier alpha value is -3.08. The maximum Gasteiger partial charge on any atom is 0.353 e. The Morgan fingerprint density at radius 1 is 1.10 bits per heavy atom. The molecule has 1 fully saturated rings. The molecule has 31 heavy (non-hydrogen) atoms. The number of ether oxygens (including phenoxy) is 1. The Bertz CT molecular complexity index is 1140. The van der Waals surface area contributed by atoms with Gasteiger partial charge in [-0.25, -0.2) is 0 Å². The van der Waals surface area contributed by atoms with Gasteiger partial charge >= 0.3 is 11.8 Å². The standard InChI is InChI=1S/C21H20BrN5O4/c22-14-5-7-15(8-6-14)23-19(28)20(29)25-24-18-16-3-1-2-4-17(16)27(21(18)30)13-26-9-11-31-12-10-26/h1-8,30H,9-13H2,(H,23,28). The number of hydrogen-bond donors (Lipinski definition) is 2. The largest absolute Gasteiger partial charge is 0.493 e. The number of hydrogen-bond acceptors (Lipinski definition) is 6. The molecule has 0 bridgehead atoms. The number of nitrogens with zero attached hydrogens (tertiary/aromatic N) is 4. The molecule has 0 atom stereocenters. The van der Waals surface area contributed by atoms with Crippen LogP contribution in [0.2, 0.25) is 0 Å². The topological polar surface area (TPSA) is 109 Å². The average Bonchev–Trinajstić information content (AvgIpc) is 3.05. The molecule has 1 aliphatic heterocycles. The number of carbonyl (C=O) groups is 2. The smallest absolute Gasteiger partial charge is 0.353 e. The number of amides is 2. The third-order valence-electron chi connectivity index (χ3n) is 4.90. The number of nitrogens with one attached hydrogen (secondary N) is 1. The summed E-state index contributed by atoms with van der Waals surface area (Å²) in [6.45, 7) is 3.21. The van der Waals surface area contributed by atoms with Crippen LogP contribution in [0.4, 0.5) is 11.4 Å². The molecule has 0 unspecified atom stereocenters. The minimum atomic E-state index is -1.06. The highest BCUT2D eigenvalue weighted by Crippen LogP contribution is 2.39. The number of azo groups is 1. The first-order valence-electron chi connectivity index (χ1n) is 9.66. The van der Waals surface area contributed by atoms with E-state index in [9.17, 15) is 14.7 Å². The van der Waals surface area contributed by atoms with Crippen molar-refractivity contribution in [2.75, 3.05) is 31.6 Å². The summed E-state index contributed by atoms with van der Waals surface area (Å²) in [6.07, 6.45) is 0. The summed E-state index contributed by atoms with van der Waals surface area (Å²) in [5.74, 6) is -2.09. The lowest BCUT2D eigenvalue weighted by Gasteiger charge is -2.27. The first kappa shape index (κ1) is 21.2. The first-order valence-corrected chi connectivity index (χ1v) is 10.4. The van der Waals surface area contributed by atoms with E-state index in [1.54, 1.807) is 34.9 Å². The van der Waals surface area contributed by atoms with E-state index in [4.69, 9.17) is 4.74 Å². The molecular weight excluding hydrogens is 466 g/mol. The minimum absolute atomic E-state index is 0.113. The van der Waals surface area contributed by atoms with Gasteiger partial charge in [0.25, 0.3) is 0 Å². The number of anilines is 1. The van der Waals surface area contributed by atoms with Crippen molar-refractivity contribution in [2.24, 2.45) is 10.2 Å². The third-order valence-corrected chi connectivity index (χ3v) is 5.43. The molecule has 2 N–H and O–H groups in total. The van der Waals surface area contributed by atoms with Gasteiger partial charge in [0, 0.05) is 28.6 Å². The second kappa shape index (κ2) is 9.38. The summed E-state index contributed by atoms with van der Waals surface area (Å²) in [5.41, 5.74) is 1.36. The molecule has 2 heterocycles. The van der Waals surface area contributed by atoms with E-state index in [-0.39, 0.29) is 11.6 Å². The molecule has 4 rings (SSSR count).